The Morgan fingerprint density at radius 1 is 0.955 bits per heavy atom. The number of nitrogens with one attached hydrogen (secondary N) is 2. The second kappa shape index (κ2) is 21.2. The van der Waals surface area contributed by atoms with E-state index in [1.54, 1.807) is 0 Å². The first-order chi connectivity index (χ1) is 20.7. The van der Waals surface area contributed by atoms with E-state index in [0.29, 0.717) is 0 Å². The molecule has 252 valence electrons. The van der Waals surface area contributed by atoms with Gasteiger partial charge in [0.1, 0.15) is 13.2 Å². The van der Waals surface area contributed by atoms with Gasteiger partial charge in [-0.3, -0.25) is 38.2 Å². The number of hydrogen-bond acceptors (Lipinski definition) is 15. The summed E-state index contributed by atoms with van der Waals surface area (Å²) >= 11 is 1.44. The molecule has 4 amide bonds. The molecule has 2 N–H and O–H groups in total. The van der Waals surface area contributed by atoms with Crippen LogP contribution in [0.25, 0.3) is 0 Å². The van der Waals surface area contributed by atoms with E-state index in [4.69, 9.17) is 14.2 Å². The Morgan fingerprint density at radius 3 is 2.27 bits per heavy atom. The lowest BCUT2D eigenvalue weighted by Crippen LogP contribution is -2.36. The fraction of sp³-hybridized carbons (Fsp3) is 0.760. The van der Waals surface area contributed by atoms with Gasteiger partial charge < -0.3 is 43.5 Å². The van der Waals surface area contributed by atoms with Crippen LogP contribution in [0.4, 0.5) is 0 Å². The van der Waals surface area contributed by atoms with Crippen molar-refractivity contribution in [2.75, 3.05) is 65.9 Å². The van der Waals surface area contributed by atoms with Gasteiger partial charge in [-0.25, -0.2) is 0 Å². The summed E-state index contributed by atoms with van der Waals surface area (Å²) in [5, 5.41) is 4.84. The average Bonchev–Trinajstić information content (AvgIpc) is 3.19. The van der Waals surface area contributed by atoms with Gasteiger partial charge >= 0.3 is 11.9 Å². The highest BCUT2D eigenvalue weighted by Gasteiger charge is 2.39. The van der Waals surface area contributed by atoms with Crippen LogP contribution in [0.2, 0.25) is 0 Å². The molecule has 3 atom stereocenters. The third kappa shape index (κ3) is 18.3. The van der Waals surface area contributed by atoms with Crippen LogP contribution < -0.4 is 15.5 Å². The van der Waals surface area contributed by atoms with E-state index in [1.165, 1.54) is 11.8 Å². The largest absolute Gasteiger partial charge is 0.756 e. The Kier molecular flexibility index (Phi) is 19.0. The first-order valence-corrected chi connectivity index (χ1v) is 16.2. The average molecular weight is 671 g/mol. The first kappa shape index (κ1) is 39.4. The fourth-order valence-corrected chi connectivity index (χ4v) is 5.32. The van der Waals surface area contributed by atoms with Crippen LogP contribution in [0.15, 0.2) is 0 Å². The zero-order valence-electron chi connectivity index (χ0n) is 25.2. The highest BCUT2D eigenvalue weighted by atomic mass is 32.2. The number of hydrogen-bond donors (Lipinski definition) is 2. The van der Waals surface area contributed by atoms with Gasteiger partial charge in [0.05, 0.1) is 38.3 Å². The lowest BCUT2D eigenvalue weighted by Gasteiger charge is -2.25. The predicted octanol–water partition coefficient (Wildman–Crippen LogP) is -1.09. The van der Waals surface area contributed by atoms with Crippen molar-refractivity contribution in [3.8, 4) is 0 Å². The predicted molar refractivity (Wildman–Crippen MR) is 152 cm³/mol. The van der Waals surface area contributed by atoms with Crippen molar-refractivity contribution in [1.29, 1.82) is 0 Å². The summed E-state index contributed by atoms with van der Waals surface area (Å²) < 4.78 is 41.0. The molecule has 0 radical (unpaired) electrons. The van der Waals surface area contributed by atoms with E-state index >= 15 is 0 Å². The van der Waals surface area contributed by atoms with Gasteiger partial charge in [-0.1, -0.05) is 13.8 Å². The Balaban J connectivity index is 2.07. The molecule has 0 bridgehead atoms. The van der Waals surface area contributed by atoms with E-state index in [2.05, 4.69) is 24.4 Å². The van der Waals surface area contributed by atoms with Gasteiger partial charge in [0, 0.05) is 46.3 Å². The molecule has 19 heteroatoms. The third-order valence-electron chi connectivity index (χ3n) is 5.27. The van der Waals surface area contributed by atoms with Gasteiger partial charge in [-0.2, -0.15) is 0 Å². The quantitative estimate of drug-likeness (QED) is 0.0570. The number of phosphoric ester groups is 1. The number of carbonyl (C=O) groups is 6. The lowest BCUT2D eigenvalue weighted by atomic mass is 10.3. The van der Waals surface area contributed by atoms with Crippen LogP contribution in [0.3, 0.4) is 0 Å². The Hall–Kier alpha value is -2.60. The maximum Gasteiger partial charge on any atom is 0.303 e. The van der Waals surface area contributed by atoms with Crippen LogP contribution >= 0.6 is 19.6 Å². The molecule has 0 saturated carbocycles. The summed E-state index contributed by atoms with van der Waals surface area (Å²) in [7, 11) is -4.80. The van der Waals surface area contributed by atoms with E-state index in [9.17, 15) is 38.2 Å². The molecule has 1 aliphatic heterocycles. The van der Waals surface area contributed by atoms with Crippen LogP contribution in [0, 0.1) is 0 Å². The van der Waals surface area contributed by atoms with Gasteiger partial charge in [-0.15, -0.1) is 11.8 Å². The molecule has 0 aromatic heterocycles. The molecule has 44 heavy (non-hydrogen) atoms. The minimum atomic E-state index is -4.80. The molecule has 0 aliphatic carbocycles. The zero-order chi connectivity index (χ0) is 33.1. The van der Waals surface area contributed by atoms with Crippen molar-refractivity contribution in [2.45, 2.75) is 57.1 Å². The molecule has 1 saturated heterocycles. The maximum absolute atomic E-state index is 12.3. The Bertz CT molecular complexity index is 1030. The van der Waals surface area contributed by atoms with E-state index in [1.807, 2.05) is 13.8 Å². The molecule has 1 rings (SSSR count). The minimum absolute atomic E-state index is 0.00655. The molecule has 1 fully saturated rings. The molecule has 1 aliphatic rings. The highest BCUT2D eigenvalue weighted by Crippen LogP contribution is 2.38. The molecular weight excluding hydrogens is 629 g/mol. The lowest BCUT2D eigenvalue weighted by molar-refractivity contribution is -0.228. The number of ether oxygens (including phenoxy) is 4. The van der Waals surface area contributed by atoms with Crippen molar-refractivity contribution >= 4 is 55.2 Å². The van der Waals surface area contributed by atoms with E-state index < -0.39 is 56.8 Å². The molecule has 0 aromatic rings. The highest BCUT2D eigenvalue weighted by molar-refractivity contribution is 8.01. The SMILES string of the molecule is CC(=O)OC[C@H](COP(=O)([O-])OCCNC(=O)COCCOCCNC(=O)CCN1C(=O)CC(SC(C)C)C1=O)OC(C)=O. The second-order valence-electron chi connectivity index (χ2n) is 9.49. The van der Waals surface area contributed by atoms with Crippen LogP contribution in [-0.2, 0) is 61.3 Å². The van der Waals surface area contributed by atoms with Crippen LogP contribution in [0.1, 0.15) is 40.5 Å². The number of carbonyl (C=O) groups excluding carboxylic acids is 6. The normalized spacial score (nSPS) is 16.9. The van der Waals surface area contributed by atoms with Gasteiger partial charge in [0.15, 0.2) is 6.10 Å². The maximum atomic E-state index is 12.3. The number of phosphoric acid groups is 1. The summed E-state index contributed by atoms with van der Waals surface area (Å²) in [6, 6.07) is 0. The Morgan fingerprint density at radius 2 is 1.61 bits per heavy atom. The fourth-order valence-electron chi connectivity index (χ4n) is 3.44. The number of thioether (sulfide) groups is 1. The molecule has 0 aromatic carbocycles. The van der Waals surface area contributed by atoms with Crippen molar-refractivity contribution in [3.63, 3.8) is 0 Å². The van der Waals surface area contributed by atoms with E-state index in [0.717, 1.165) is 18.7 Å². The first-order valence-electron chi connectivity index (χ1n) is 13.8. The topological polar surface area (TPSA) is 225 Å². The van der Waals surface area contributed by atoms with Crippen LogP contribution in [0.5, 0.6) is 0 Å². The number of likely N-dealkylation sites (tertiary alicyclic amines) is 1. The number of rotatable bonds is 23. The summed E-state index contributed by atoms with van der Waals surface area (Å²) in [6.07, 6.45) is -1.01. The monoisotopic (exact) mass is 670 g/mol. The number of imide groups is 1. The molecule has 17 nitrogen and oxygen atoms in total. The molecular formula is C25H41N3O14PS-. The van der Waals surface area contributed by atoms with E-state index in [-0.39, 0.29) is 81.9 Å². The van der Waals surface area contributed by atoms with Crippen molar-refractivity contribution in [2.24, 2.45) is 0 Å². The minimum Gasteiger partial charge on any atom is -0.756 e. The number of nitrogens with zero attached hydrogens (tertiary/aromatic N) is 1. The Labute approximate surface area is 259 Å². The van der Waals surface area contributed by atoms with Crippen LogP contribution in [-0.4, -0.2) is 123 Å². The van der Waals surface area contributed by atoms with Crippen molar-refractivity contribution in [3.05, 3.63) is 0 Å². The summed E-state index contributed by atoms with van der Waals surface area (Å²) in [6.45, 7) is 4.77. The molecule has 2 unspecified atom stereocenters. The van der Waals surface area contributed by atoms with Gasteiger partial charge in [0.2, 0.25) is 23.6 Å². The van der Waals surface area contributed by atoms with Gasteiger partial charge in [-0.05, 0) is 5.25 Å². The smallest absolute Gasteiger partial charge is 0.303 e. The third-order valence-corrected chi connectivity index (χ3v) is 7.48. The second-order valence-corrected chi connectivity index (χ2v) is 12.7. The summed E-state index contributed by atoms with van der Waals surface area (Å²) in [5.41, 5.74) is 0. The molecule has 0 spiro atoms. The summed E-state index contributed by atoms with van der Waals surface area (Å²) in [4.78, 5) is 83.2. The number of amides is 4. The summed E-state index contributed by atoms with van der Waals surface area (Å²) in [5.74, 6) is -2.78. The number of esters is 2. The molecule has 1 heterocycles. The standard InChI is InChI=1S/C25H42N3O14PS/c1-17(2)44-21-13-24(33)28(25(21)34)8-5-22(31)26-6-9-37-11-12-38-16-23(32)27-7-10-40-43(35,36)41-15-20(42-19(4)30)14-39-18(3)29/h17,20-21H,5-16H2,1-4H3,(H,26,31)(H,27,32)(H,35,36)/p-1/t20-,21?/m1/s1. The van der Waals surface area contributed by atoms with Gasteiger partial charge in [0.25, 0.3) is 7.82 Å². The zero-order valence-corrected chi connectivity index (χ0v) is 26.9. The van der Waals surface area contributed by atoms with Crippen molar-refractivity contribution < 1.29 is 66.2 Å². The van der Waals surface area contributed by atoms with Crippen molar-refractivity contribution in [1.82, 2.24) is 15.5 Å².